The van der Waals surface area contributed by atoms with Gasteiger partial charge in [-0.15, -0.1) is 0 Å². The molecular formula is C73H88Cl2F2N10O11. The van der Waals surface area contributed by atoms with Gasteiger partial charge < -0.3 is 68.9 Å². The van der Waals surface area contributed by atoms with Crippen LogP contribution in [-0.4, -0.2) is 192 Å². The van der Waals surface area contributed by atoms with E-state index >= 15 is 8.78 Å². The lowest BCUT2D eigenvalue weighted by molar-refractivity contribution is -0.126. The number of phenols is 1. The van der Waals surface area contributed by atoms with Crippen LogP contribution in [-0.2, 0) is 51.7 Å². The second-order valence-corrected chi connectivity index (χ2v) is 27.1. The summed E-state index contributed by atoms with van der Waals surface area (Å²) in [5.41, 5.74) is 1.02. The number of aromatic hydroxyl groups is 1. The number of phenolic OH excluding ortho intramolecular Hbond substituents is 1. The van der Waals surface area contributed by atoms with Crippen LogP contribution in [0.1, 0.15) is 85.6 Å². The average Bonchev–Trinajstić information content (AvgIpc) is 1.52. The molecule has 10 rings (SSSR count). The van der Waals surface area contributed by atoms with Gasteiger partial charge in [-0.05, 0) is 97.5 Å². The van der Waals surface area contributed by atoms with Crippen molar-refractivity contribution in [2.75, 3.05) is 141 Å². The predicted molar refractivity (Wildman–Crippen MR) is 372 cm³/mol. The lowest BCUT2D eigenvalue weighted by Gasteiger charge is -2.38. The van der Waals surface area contributed by atoms with Crippen LogP contribution in [0.25, 0.3) is 10.8 Å². The molecule has 0 saturated carbocycles. The van der Waals surface area contributed by atoms with Crippen molar-refractivity contribution >= 4 is 68.9 Å². The number of nitrogens with one attached hydrogen (secondary N) is 3. The Morgan fingerprint density at radius 1 is 0.847 bits per heavy atom. The van der Waals surface area contributed by atoms with Crippen molar-refractivity contribution in [2.45, 2.75) is 95.5 Å². The van der Waals surface area contributed by atoms with E-state index in [9.17, 15) is 24.8 Å². The third kappa shape index (κ3) is 18.0. The molecule has 3 fully saturated rings. The Bertz CT molecular complexity index is 3810. The SMILES string of the molecule is C=CC(=O)N1CCN(c2nc(O[C@H](C)CN3CCC(OCCOCCOCCOCCOCCNC(=O)c4ccc(NC(=O)[C@@H]5N[C@@H](CC(C)(C)C)[C@](C#N)(c6ccc(Cl)cc6F)[C@H]5c5cccc(Cl)c5F)c(OC)c4)CC3)nc3c2CCN(c2cc(O)cc4ccccc24)C3)CC1. The minimum Gasteiger partial charge on any atom is -0.508 e. The van der Waals surface area contributed by atoms with Gasteiger partial charge in [0, 0.05) is 110 Å². The van der Waals surface area contributed by atoms with Crippen LogP contribution in [0.5, 0.6) is 17.5 Å². The van der Waals surface area contributed by atoms with Gasteiger partial charge in [0.05, 0.1) is 108 Å². The number of carbonyl (C=O) groups is 3. The highest BCUT2D eigenvalue weighted by Crippen LogP contribution is 2.53. The number of hydrogen-bond acceptors (Lipinski definition) is 18. The van der Waals surface area contributed by atoms with Crippen LogP contribution >= 0.6 is 23.2 Å². The summed E-state index contributed by atoms with van der Waals surface area (Å²) in [5.74, 6) is -2.83. The number of amides is 3. The third-order valence-corrected chi connectivity index (χ3v) is 18.8. The van der Waals surface area contributed by atoms with Crippen LogP contribution < -0.4 is 35.2 Å². The largest absolute Gasteiger partial charge is 0.508 e. The maximum atomic E-state index is 16.2. The summed E-state index contributed by atoms with van der Waals surface area (Å²) in [6.07, 6.45) is 4.10. The quantitative estimate of drug-likeness (QED) is 0.0242. The fourth-order valence-electron chi connectivity index (χ4n) is 13.6. The first-order valence-corrected chi connectivity index (χ1v) is 34.2. The van der Waals surface area contributed by atoms with Crippen molar-refractivity contribution in [3.63, 3.8) is 0 Å². The van der Waals surface area contributed by atoms with Crippen molar-refractivity contribution in [3.05, 3.63) is 153 Å². The zero-order chi connectivity index (χ0) is 69.5. The number of nitriles is 1. The standard InChI is InChI=1S/C73H88Cl2F2N10O11/c1-7-64(89)85-26-28-86(29-27-85)68-54-21-25-87(61-42-51(88)39-48-11-8-9-12-53(48)61)45-60(54)81-71(83-68)98-47(2)44-84-23-19-52(20-24-84)97-38-37-96-36-35-95-34-33-94-32-31-93-30-22-79-69(90)49-15-18-59(62(40-49)92-6)80-70(91)67-65(55-13-10-14-57(75)66(55)77)73(46-78,63(82-67)43-72(3,4)5)56-17-16-50(74)41-58(56)76/h7-18,39-42,47,52,63,65,67,82,88H,1,19-38,43-45H2,2-6H3,(H,79,90)(H,80,91)/t47-,63+,65+,67-,73+/m1/s1. The fourth-order valence-corrected chi connectivity index (χ4v) is 14.0. The van der Waals surface area contributed by atoms with Crippen LogP contribution in [0.2, 0.25) is 10.0 Å². The highest BCUT2D eigenvalue weighted by Gasteiger charge is 2.61. The number of carbonyl (C=O) groups excluding carboxylic acids is 3. The first-order valence-electron chi connectivity index (χ1n) is 33.5. The number of methoxy groups -OCH3 is 1. The summed E-state index contributed by atoms with van der Waals surface area (Å²) in [4.78, 5) is 59.1. The highest BCUT2D eigenvalue weighted by atomic mass is 35.5. The van der Waals surface area contributed by atoms with Crippen LogP contribution in [0.4, 0.5) is 26.0 Å². The summed E-state index contributed by atoms with van der Waals surface area (Å²) >= 11 is 12.5. The van der Waals surface area contributed by atoms with Gasteiger partial charge in [-0.3, -0.25) is 19.3 Å². The van der Waals surface area contributed by atoms with Gasteiger partial charge >= 0.3 is 6.01 Å². The normalized spacial score (nSPS) is 19.4. The Morgan fingerprint density at radius 3 is 2.23 bits per heavy atom. The Balaban J connectivity index is 0.589. The molecule has 3 saturated heterocycles. The number of ether oxygens (including phenoxy) is 7. The number of halogens is 4. The number of anilines is 3. The highest BCUT2D eigenvalue weighted by molar-refractivity contribution is 6.31. The number of piperidine rings is 1. The summed E-state index contributed by atoms with van der Waals surface area (Å²) in [5, 5.41) is 32.8. The van der Waals surface area contributed by atoms with Crippen molar-refractivity contribution in [2.24, 2.45) is 5.41 Å². The summed E-state index contributed by atoms with van der Waals surface area (Å²) < 4.78 is 73.4. The minimum atomic E-state index is -1.82. The molecule has 4 aliphatic rings. The molecule has 1 aromatic heterocycles. The molecule has 6 aromatic rings. The van der Waals surface area contributed by atoms with Crippen LogP contribution in [0, 0.1) is 28.4 Å². The first-order chi connectivity index (χ1) is 47.3. The van der Waals surface area contributed by atoms with Gasteiger partial charge in [-0.2, -0.15) is 15.2 Å². The molecule has 0 aliphatic carbocycles. The third-order valence-electron chi connectivity index (χ3n) is 18.3. The summed E-state index contributed by atoms with van der Waals surface area (Å²) in [6.45, 7) is 21.2. The summed E-state index contributed by atoms with van der Waals surface area (Å²) in [6, 6.07) is 25.0. The number of fused-ring (bicyclic) bond motifs is 2. The Morgan fingerprint density at radius 2 is 1.55 bits per heavy atom. The Hall–Kier alpha value is -7.76. The molecular weight excluding hydrogens is 1300 g/mol. The number of likely N-dealkylation sites (tertiary alicyclic amines) is 1. The second-order valence-electron chi connectivity index (χ2n) is 26.2. The molecule has 524 valence electrons. The summed E-state index contributed by atoms with van der Waals surface area (Å²) in [7, 11) is 1.38. The van der Waals surface area contributed by atoms with Crippen molar-refractivity contribution < 1.29 is 61.4 Å². The second kappa shape index (κ2) is 33.9. The van der Waals surface area contributed by atoms with E-state index in [1.807, 2.05) is 49.9 Å². The average molecular weight is 1390 g/mol. The topological polar surface area (TPSA) is 235 Å². The smallest absolute Gasteiger partial charge is 0.318 e. The van der Waals surface area contributed by atoms with Crippen LogP contribution in [0.15, 0.2) is 104 Å². The molecule has 21 nitrogen and oxygen atoms in total. The number of nitrogens with zero attached hydrogens (tertiary/aromatic N) is 7. The van der Waals surface area contributed by atoms with Gasteiger partial charge in [-0.1, -0.05) is 93.0 Å². The lowest BCUT2D eigenvalue weighted by atomic mass is 9.62. The molecule has 5 heterocycles. The minimum absolute atomic E-state index is 0.0463. The molecule has 98 heavy (non-hydrogen) atoms. The van der Waals surface area contributed by atoms with E-state index < -0.39 is 52.3 Å². The number of hydrogen-bond donors (Lipinski definition) is 4. The van der Waals surface area contributed by atoms with Gasteiger partial charge in [0.1, 0.15) is 40.5 Å². The van der Waals surface area contributed by atoms with E-state index in [1.54, 1.807) is 6.07 Å². The molecule has 3 amide bonds. The molecule has 0 unspecified atom stereocenters. The van der Waals surface area contributed by atoms with Crippen molar-refractivity contribution in [1.82, 2.24) is 30.4 Å². The van der Waals surface area contributed by atoms with Gasteiger partial charge in [0.15, 0.2) is 0 Å². The molecule has 0 bridgehead atoms. The van der Waals surface area contributed by atoms with E-state index in [4.69, 9.17) is 66.3 Å². The van der Waals surface area contributed by atoms with Crippen molar-refractivity contribution in [1.29, 1.82) is 5.26 Å². The van der Waals surface area contributed by atoms with Crippen LogP contribution in [0.3, 0.4) is 0 Å². The molecule has 5 atom stereocenters. The monoisotopic (exact) mass is 1390 g/mol. The van der Waals surface area contributed by atoms with Gasteiger partial charge in [0.2, 0.25) is 11.8 Å². The van der Waals surface area contributed by atoms with Crippen molar-refractivity contribution in [3.8, 4) is 23.6 Å². The van der Waals surface area contributed by atoms with E-state index in [0.29, 0.717) is 111 Å². The zero-order valence-corrected chi connectivity index (χ0v) is 57.8. The molecule has 4 N–H and O–H groups in total. The Kier molecular flexibility index (Phi) is 25.2. The number of aromatic nitrogens is 2. The van der Waals surface area contributed by atoms with E-state index in [2.05, 4.69) is 56.3 Å². The van der Waals surface area contributed by atoms with E-state index in [-0.39, 0.29) is 75.2 Å². The number of rotatable bonds is 30. The molecule has 0 spiro atoms. The number of piperazine rings is 1. The predicted octanol–water partition coefficient (Wildman–Crippen LogP) is 10.0. The van der Waals surface area contributed by atoms with Gasteiger partial charge in [0.25, 0.3) is 5.91 Å². The molecule has 5 aromatic carbocycles. The molecule has 0 radical (unpaired) electrons. The maximum Gasteiger partial charge on any atom is 0.318 e. The molecule has 25 heteroatoms. The Labute approximate surface area is 581 Å². The first kappa shape index (κ1) is 73.0. The van der Waals surface area contributed by atoms with E-state index in [1.165, 1.54) is 61.7 Å². The van der Waals surface area contributed by atoms with E-state index in [0.717, 1.165) is 72.1 Å². The van der Waals surface area contributed by atoms with Gasteiger partial charge in [-0.25, -0.2) is 8.78 Å². The zero-order valence-electron chi connectivity index (χ0n) is 56.3. The maximum absolute atomic E-state index is 16.2. The molecule has 4 aliphatic heterocycles. The number of benzene rings is 5. The fraction of sp³-hybridized carbons (Fsp3) is 0.479. The lowest BCUT2D eigenvalue weighted by Crippen LogP contribution is -2.49.